The molecule has 1 N–H and O–H groups in total. The van der Waals surface area contributed by atoms with E-state index in [9.17, 15) is 17.6 Å². The van der Waals surface area contributed by atoms with Crippen molar-refractivity contribution in [1.82, 2.24) is 9.80 Å². The van der Waals surface area contributed by atoms with Gasteiger partial charge >= 0.3 is 6.18 Å². The number of anilines is 1. The Morgan fingerprint density at radius 1 is 1.16 bits per heavy atom. The highest BCUT2D eigenvalue weighted by molar-refractivity contribution is 7.80. The molecular weight excluding hydrogens is 466 g/mol. The van der Waals surface area contributed by atoms with Crippen LogP contribution in [0.25, 0.3) is 0 Å². The minimum Gasteiger partial charge on any atom is -0.379 e. The number of thiocarbonyl (C=S) groups is 1. The molecule has 32 heavy (non-hydrogen) atoms. The normalized spacial score (nSPS) is 14.9. The summed E-state index contributed by atoms with van der Waals surface area (Å²) >= 11 is 11.2. The van der Waals surface area contributed by atoms with Gasteiger partial charge in [-0.1, -0.05) is 23.7 Å². The molecule has 0 amide bonds. The molecule has 2 aromatic carbocycles. The highest BCUT2D eigenvalue weighted by Gasteiger charge is 2.33. The van der Waals surface area contributed by atoms with Gasteiger partial charge in [0.1, 0.15) is 5.82 Å². The minimum absolute atomic E-state index is 0.184. The standard InChI is InChI=1S/C22H24ClF4N3OS/c23-20-6-5-18(14-19(20)22(25,26)27)28-21(32)30(15-16-3-1-4-17(24)13-16)8-2-7-29-9-11-31-12-10-29/h1,3-6,13-14H,2,7-12,15H2,(H,28,32). The molecule has 0 aromatic heterocycles. The predicted octanol–water partition coefficient (Wildman–Crippen LogP) is 5.42. The summed E-state index contributed by atoms with van der Waals surface area (Å²) in [6.07, 6.45) is -3.79. The summed E-state index contributed by atoms with van der Waals surface area (Å²) in [5.74, 6) is -0.359. The topological polar surface area (TPSA) is 27.7 Å². The Balaban J connectivity index is 1.70. The van der Waals surface area contributed by atoms with Crippen LogP contribution in [0.5, 0.6) is 0 Å². The lowest BCUT2D eigenvalue weighted by Gasteiger charge is -2.30. The molecule has 3 rings (SSSR count). The van der Waals surface area contributed by atoms with E-state index in [4.69, 9.17) is 28.6 Å². The van der Waals surface area contributed by atoms with E-state index in [0.29, 0.717) is 31.9 Å². The quantitative estimate of drug-likeness (QED) is 0.414. The van der Waals surface area contributed by atoms with Gasteiger partial charge in [0.2, 0.25) is 0 Å². The number of ether oxygens (including phenoxy) is 1. The van der Waals surface area contributed by atoms with Crippen LogP contribution in [0.3, 0.4) is 0 Å². The van der Waals surface area contributed by atoms with E-state index in [1.165, 1.54) is 24.3 Å². The summed E-state index contributed by atoms with van der Waals surface area (Å²) in [4.78, 5) is 4.11. The maximum atomic E-state index is 13.6. The highest BCUT2D eigenvalue weighted by atomic mass is 35.5. The molecule has 0 unspecified atom stereocenters. The Hall–Kier alpha value is -1.94. The third-order valence-electron chi connectivity index (χ3n) is 5.08. The lowest BCUT2D eigenvalue weighted by Crippen LogP contribution is -2.40. The van der Waals surface area contributed by atoms with Gasteiger partial charge in [-0.25, -0.2) is 4.39 Å². The molecule has 1 saturated heterocycles. The minimum atomic E-state index is -4.57. The van der Waals surface area contributed by atoms with E-state index in [1.807, 2.05) is 4.90 Å². The zero-order valence-corrected chi connectivity index (χ0v) is 18.9. The van der Waals surface area contributed by atoms with Crippen LogP contribution >= 0.6 is 23.8 Å². The van der Waals surface area contributed by atoms with Crippen molar-refractivity contribution in [2.24, 2.45) is 0 Å². The van der Waals surface area contributed by atoms with Gasteiger partial charge in [-0.2, -0.15) is 13.2 Å². The first-order valence-electron chi connectivity index (χ1n) is 10.2. The highest BCUT2D eigenvalue weighted by Crippen LogP contribution is 2.36. The molecule has 0 saturated carbocycles. The lowest BCUT2D eigenvalue weighted by molar-refractivity contribution is -0.137. The van der Waals surface area contributed by atoms with Crippen LogP contribution in [0.4, 0.5) is 23.2 Å². The molecule has 10 heteroatoms. The lowest BCUT2D eigenvalue weighted by atomic mass is 10.2. The first-order valence-corrected chi connectivity index (χ1v) is 11.0. The van der Waals surface area contributed by atoms with Crippen LogP contribution in [0.2, 0.25) is 5.02 Å². The van der Waals surface area contributed by atoms with Crippen LogP contribution in [-0.4, -0.2) is 54.3 Å². The van der Waals surface area contributed by atoms with Crippen molar-refractivity contribution in [3.63, 3.8) is 0 Å². The van der Waals surface area contributed by atoms with Gasteiger partial charge in [0, 0.05) is 38.4 Å². The molecule has 0 aliphatic carbocycles. The summed E-state index contributed by atoms with van der Waals surface area (Å²) < 4.78 is 58.6. The summed E-state index contributed by atoms with van der Waals surface area (Å²) in [7, 11) is 0. The van der Waals surface area contributed by atoms with E-state index in [0.717, 1.165) is 32.1 Å². The number of hydrogen-bond donors (Lipinski definition) is 1. The van der Waals surface area contributed by atoms with E-state index in [-0.39, 0.29) is 21.6 Å². The van der Waals surface area contributed by atoms with Crippen molar-refractivity contribution >= 4 is 34.6 Å². The van der Waals surface area contributed by atoms with Crippen molar-refractivity contribution in [2.45, 2.75) is 19.1 Å². The first-order chi connectivity index (χ1) is 15.2. The largest absolute Gasteiger partial charge is 0.417 e. The number of benzene rings is 2. The Morgan fingerprint density at radius 3 is 2.59 bits per heavy atom. The fourth-order valence-corrected chi connectivity index (χ4v) is 3.94. The zero-order chi connectivity index (χ0) is 23.1. The summed E-state index contributed by atoms with van der Waals surface area (Å²) in [5.41, 5.74) is -0.0345. The van der Waals surface area contributed by atoms with Crippen molar-refractivity contribution < 1.29 is 22.3 Å². The second-order valence-electron chi connectivity index (χ2n) is 7.48. The van der Waals surface area contributed by atoms with Crippen molar-refractivity contribution in [3.8, 4) is 0 Å². The maximum Gasteiger partial charge on any atom is 0.417 e. The van der Waals surface area contributed by atoms with Crippen LogP contribution < -0.4 is 5.32 Å². The fourth-order valence-electron chi connectivity index (χ4n) is 3.44. The van der Waals surface area contributed by atoms with Crippen LogP contribution in [0.1, 0.15) is 17.5 Å². The first kappa shape index (κ1) is 24.7. The number of alkyl halides is 3. The SMILES string of the molecule is Fc1cccc(CN(CCCN2CCOCC2)C(=S)Nc2ccc(Cl)c(C(F)(F)F)c2)c1. The van der Waals surface area contributed by atoms with E-state index in [2.05, 4.69) is 10.2 Å². The average molecular weight is 490 g/mol. The van der Waals surface area contributed by atoms with Crippen molar-refractivity contribution in [2.75, 3.05) is 44.7 Å². The summed E-state index contributed by atoms with van der Waals surface area (Å²) in [5, 5.41) is 2.75. The van der Waals surface area contributed by atoms with Crippen LogP contribution in [0.15, 0.2) is 42.5 Å². The molecule has 1 heterocycles. The summed E-state index contributed by atoms with van der Waals surface area (Å²) in [6, 6.07) is 9.73. The summed E-state index contributed by atoms with van der Waals surface area (Å²) in [6.45, 7) is 4.84. The Kier molecular flexibility index (Phi) is 8.70. The van der Waals surface area contributed by atoms with Gasteiger partial charge in [-0.05, 0) is 54.5 Å². The Morgan fingerprint density at radius 2 is 1.91 bits per heavy atom. The second kappa shape index (κ2) is 11.3. The van der Waals surface area contributed by atoms with Gasteiger partial charge in [-0.3, -0.25) is 4.90 Å². The molecule has 0 atom stereocenters. The van der Waals surface area contributed by atoms with Gasteiger partial charge in [-0.15, -0.1) is 0 Å². The molecule has 174 valence electrons. The van der Waals surface area contributed by atoms with Crippen molar-refractivity contribution in [3.05, 3.63) is 64.4 Å². The molecular formula is C22H24ClF4N3OS. The van der Waals surface area contributed by atoms with E-state index < -0.39 is 11.7 Å². The number of hydrogen-bond acceptors (Lipinski definition) is 3. The molecule has 2 aromatic rings. The van der Waals surface area contributed by atoms with Crippen molar-refractivity contribution in [1.29, 1.82) is 0 Å². The van der Waals surface area contributed by atoms with Gasteiger partial charge in [0.25, 0.3) is 0 Å². The van der Waals surface area contributed by atoms with E-state index >= 15 is 0 Å². The number of morpholine rings is 1. The smallest absolute Gasteiger partial charge is 0.379 e. The van der Waals surface area contributed by atoms with Crippen LogP contribution in [-0.2, 0) is 17.5 Å². The third kappa shape index (κ3) is 7.30. The maximum absolute atomic E-state index is 13.6. The third-order valence-corrected chi connectivity index (χ3v) is 5.77. The average Bonchev–Trinajstić information content (AvgIpc) is 2.74. The number of nitrogens with one attached hydrogen (secondary N) is 1. The number of rotatable bonds is 7. The Labute approximate surface area is 195 Å². The Bertz CT molecular complexity index is 922. The number of nitrogens with zero attached hydrogens (tertiary/aromatic N) is 2. The monoisotopic (exact) mass is 489 g/mol. The van der Waals surface area contributed by atoms with E-state index in [1.54, 1.807) is 12.1 Å². The number of halogens is 5. The molecule has 0 bridgehead atoms. The van der Waals surface area contributed by atoms with Gasteiger partial charge in [0.15, 0.2) is 5.11 Å². The molecule has 4 nitrogen and oxygen atoms in total. The zero-order valence-electron chi connectivity index (χ0n) is 17.3. The molecule has 1 aliphatic rings. The molecule has 0 radical (unpaired) electrons. The molecule has 1 aliphatic heterocycles. The molecule has 0 spiro atoms. The fraction of sp³-hybridized carbons (Fsp3) is 0.409. The molecule has 1 fully saturated rings. The van der Waals surface area contributed by atoms with Gasteiger partial charge in [0.05, 0.1) is 23.8 Å². The predicted molar refractivity (Wildman–Crippen MR) is 121 cm³/mol. The van der Waals surface area contributed by atoms with Crippen LogP contribution in [0, 0.1) is 5.82 Å². The second-order valence-corrected chi connectivity index (χ2v) is 8.28. The van der Waals surface area contributed by atoms with Gasteiger partial charge < -0.3 is 15.0 Å².